The van der Waals surface area contributed by atoms with Crippen molar-refractivity contribution in [2.45, 2.75) is 45.1 Å². The van der Waals surface area contributed by atoms with Crippen molar-refractivity contribution >= 4 is 27.3 Å². The predicted octanol–water partition coefficient (Wildman–Crippen LogP) is 4.48. The summed E-state index contributed by atoms with van der Waals surface area (Å²) in [5, 5.41) is 0. The molecule has 0 fully saturated rings. The average molecular weight is 276 g/mol. The highest BCUT2D eigenvalue weighted by atomic mass is 79.9. The fourth-order valence-corrected chi connectivity index (χ4v) is 2.92. The molecule has 1 unspecified atom stereocenters. The van der Waals surface area contributed by atoms with Gasteiger partial charge in [0.2, 0.25) is 0 Å². The van der Waals surface area contributed by atoms with E-state index in [0.29, 0.717) is 0 Å². The molecule has 1 aromatic heterocycles. The van der Waals surface area contributed by atoms with Gasteiger partial charge in [-0.2, -0.15) is 0 Å². The van der Waals surface area contributed by atoms with Crippen molar-refractivity contribution in [2.75, 3.05) is 0 Å². The molecule has 0 saturated heterocycles. The molecule has 0 radical (unpaired) electrons. The Morgan fingerprint density at radius 2 is 2.14 bits per heavy atom. The third-order valence-corrected chi connectivity index (χ3v) is 4.08. The summed E-state index contributed by atoms with van der Waals surface area (Å²) in [6, 6.07) is 4.44. The van der Waals surface area contributed by atoms with Crippen LogP contribution in [-0.2, 0) is 0 Å². The van der Waals surface area contributed by atoms with E-state index in [0.717, 1.165) is 6.42 Å². The van der Waals surface area contributed by atoms with Gasteiger partial charge in [0.05, 0.1) is 3.79 Å². The first-order valence-electron chi connectivity index (χ1n) is 5.25. The fourth-order valence-electron chi connectivity index (χ4n) is 1.46. The van der Waals surface area contributed by atoms with Crippen molar-refractivity contribution in [2.24, 2.45) is 5.73 Å². The van der Waals surface area contributed by atoms with Crippen molar-refractivity contribution in [3.8, 4) is 0 Å². The lowest BCUT2D eigenvalue weighted by Crippen LogP contribution is -2.07. The van der Waals surface area contributed by atoms with Gasteiger partial charge in [0.15, 0.2) is 0 Å². The molecule has 1 atom stereocenters. The van der Waals surface area contributed by atoms with Crippen LogP contribution >= 0.6 is 27.3 Å². The van der Waals surface area contributed by atoms with Crippen molar-refractivity contribution in [1.82, 2.24) is 0 Å². The van der Waals surface area contributed by atoms with Gasteiger partial charge in [0, 0.05) is 10.9 Å². The van der Waals surface area contributed by atoms with Crippen molar-refractivity contribution in [1.29, 1.82) is 0 Å². The van der Waals surface area contributed by atoms with Gasteiger partial charge in [-0.3, -0.25) is 0 Å². The zero-order chi connectivity index (χ0) is 10.4. The molecule has 1 aromatic rings. The first-order valence-corrected chi connectivity index (χ1v) is 6.85. The summed E-state index contributed by atoms with van der Waals surface area (Å²) in [5.41, 5.74) is 6.08. The Hall–Kier alpha value is 0.140. The molecule has 14 heavy (non-hydrogen) atoms. The Morgan fingerprint density at radius 3 is 2.71 bits per heavy atom. The molecular formula is C11H18BrNS. The van der Waals surface area contributed by atoms with Crippen LogP contribution < -0.4 is 5.73 Å². The van der Waals surface area contributed by atoms with Crippen LogP contribution in [0.1, 0.15) is 49.9 Å². The molecule has 0 aliphatic carbocycles. The van der Waals surface area contributed by atoms with Gasteiger partial charge in [-0.25, -0.2) is 0 Å². The quantitative estimate of drug-likeness (QED) is 0.762. The molecule has 1 heterocycles. The number of hydrogen-bond donors (Lipinski definition) is 1. The van der Waals surface area contributed by atoms with E-state index >= 15 is 0 Å². The third-order valence-electron chi connectivity index (χ3n) is 2.33. The van der Waals surface area contributed by atoms with E-state index in [4.69, 9.17) is 5.73 Å². The molecule has 1 nitrogen and oxygen atoms in total. The van der Waals surface area contributed by atoms with Crippen LogP contribution in [0.25, 0.3) is 0 Å². The van der Waals surface area contributed by atoms with Crippen molar-refractivity contribution < 1.29 is 0 Å². The molecule has 0 spiro atoms. The normalized spacial score (nSPS) is 13.1. The molecule has 3 heteroatoms. The monoisotopic (exact) mass is 275 g/mol. The lowest BCUT2D eigenvalue weighted by Gasteiger charge is -2.08. The van der Waals surface area contributed by atoms with Gasteiger partial charge in [-0.1, -0.05) is 32.6 Å². The minimum atomic E-state index is 0.239. The summed E-state index contributed by atoms with van der Waals surface area (Å²) >= 11 is 5.21. The maximum atomic E-state index is 6.08. The highest BCUT2D eigenvalue weighted by molar-refractivity contribution is 9.11. The first kappa shape index (κ1) is 12.2. The maximum absolute atomic E-state index is 6.08. The molecule has 80 valence electrons. The lowest BCUT2D eigenvalue weighted by atomic mass is 10.1. The smallest absolute Gasteiger partial charge is 0.0701 e. The highest BCUT2D eigenvalue weighted by Gasteiger charge is 2.07. The van der Waals surface area contributed by atoms with Gasteiger partial charge in [-0.05, 0) is 34.5 Å². The number of halogens is 1. The minimum Gasteiger partial charge on any atom is -0.323 e. The first-order chi connectivity index (χ1) is 6.74. The molecule has 0 aliphatic rings. The Balaban J connectivity index is 2.25. The molecule has 2 N–H and O–H groups in total. The number of nitrogens with two attached hydrogens (primary N) is 1. The standard InChI is InChI=1S/C11H18BrNS/c1-2-3-4-5-6-9(13)10-7-8-11(12)14-10/h7-9H,2-6,13H2,1H3. The minimum absolute atomic E-state index is 0.239. The largest absolute Gasteiger partial charge is 0.323 e. The number of unbranched alkanes of at least 4 members (excludes halogenated alkanes) is 3. The Kier molecular flexibility index (Phi) is 5.75. The summed E-state index contributed by atoms with van der Waals surface area (Å²) < 4.78 is 1.18. The van der Waals surface area contributed by atoms with E-state index in [1.807, 2.05) is 0 Å². The zero-order valence-corrected chi connectivity index (χ0v) is 11.0. The molecule has 0 amide bonds. The van der Waals surface area contributed by atoms with Crippen LogP contribution in [0.5, 0.6) is 0 Å². The van der Waals surface area contributed by atoms with Crippen molar-refractivity contribution in [3.05, 3.63) is 20.8 Å². The molecule has 1 rings (SSSR count). The van der Waals surface area contributed by atoms with Crippen LogP contribution in [0.2, 0.25) is 0 Å². The van der Waals surface area contributed by atoms with E-state index < -0.39 is 0 Å². The third kappa shape index (κ3) is 4.11. The second-order valence-electron chi connectivity index (χ2n) is 3.60. The summed E-state index contributed by atoms with van der Waals surface area (Å²) in [6.07, 6.45) is 6.31. The Labute approximate surface area is 98.8 Å². The molecule has 0 aromatic carbocycles. The SMILES string of the molecule is CCCCCCC(N)c1ccc(Br)s1. The number of rotatable bonds is 6. The average Bonchev–Trinajstić information content (AvgIpc) is 2.59. The second-order valence-corrected chi connectivity index (χ2v) is 6.09. The Bertz CT molecular complexity index is 260. The van der Waals surface area contributed by atoms with Gasteiger partial charge in [0.1, 0.15) is 0 Å². The number of thiophene rings is 1. The highest BCUT2D eigenvalue weighted by Crippen LogP contribution is 2.28. The summed E-state index contributed by atoms with van der Waals surface area (Å²) in [7, 11) is 0. The fraction of sp³-hybridized carbons (Fsp3) is 0.636. The zero-order valence-electron chi connectivity index (χ0n) is 8.63. The topological polar surface area (TPSA) is 26.0 Å². The van der Waals surface area contributed by atoms with Crippen LogP contribution in [0.15, 0.2) is 15.9 Å². The van der Waals surface area contributed by atoms with E-state index in [9.17, 15) is 0 Å². The van der Waals surface area contributed by atoms with E-state index in [1.54, 1.807) is 11.3 Å². The van der Waals surface area contributed by atoms with E-state index in [1.165, 1.54) is 34.3 Å². The summed E-state index contributed by atoms with van der Waals surface area (Å²) in [5.74, 6) is 0. The Morgan fingerprint density at radius 1 is 1.36 bits per heavy atom. The molecule has 0 bridgehead atoms. The maximum Gasteiger partial charge on any atom is 0.0701 e. The molecule has 0 aliphatic heterocycles. The summed E-state index contributed by atoms with van der Waals surface area (Å²) in [4.78, 5) is 1.30. The van der Waals surface area contributed by atoms with Crippen LogP contribution in [-0.4, -0.2) is 0 Å². The lowest BCUT2D eigenvalue weighted by molar-refractivity contribution is 0.571. The van der Waals surface area contributed by atoms with Gasteiger partial charge >= 0.3 is 0 Å². The summed E-state index contributed by atoms with van der Waals surface area (Å²) in [6.45, 7) is 2.23. The molecular weight excluding hydrogens is 258 g/mol. The van der Waals surface area contributed by atoms with Gasteiger partial charge in [-0.15, -0.1) is 11.3 Å². The van der Waals surface area contributed by atoms with Gasteiger partial charge < -0.3 is 5.73 Å². The molecule has 0 saturated carbocycles. The number of hydrogen-bond acceptors (Lipinski definition) is 2. The van der Waals surface area contributed by atoms with E-state index in [-0.39, 0.29) is 6.04 Å². The van der Waals surface area contributed by atoms with Gasteiger partial charge in [0.25, 0.3) is 0 Å². The van der Waals surface area contributed by atoms with Crippen LogP contribution in [0.3, 0.4) is 0 Å². The van der Waals surface area contributed by atoms with Crippen LogP contribution in [0, 0.1) is 0 Å². The predicted molar refractivity (Wildman–Crippen MR) is 67.7 cm³/mol. The van der Waals surface area contributed by atoms with Crippen molar-refractivity contribution in [3.63, 3.8) is 0 Å². The van der Waals surface area contributed by atoms with E-state index in [2.05, 4.69) is 35.0 Å². The van der Waals surface area contributed by atoms with Crippen LogP contribution in [0.4, 0.5) is 0 Å². The second kappa shape index (κ2) is 6.59.